The summed E-state index contributed by atoms with van der Waals surface area (Å²) in [7, 11) is 1.47. The molecule has 13 heteroatoms. The SMILES string of the molecule is COCCN1C(=O)NC(=O)C12CC[C@@](CO[C@H](C)c1cc(C(F)(F)F)cc(C(F)(F)F)c1)(c1ccccc1)NC2. The van der Waals surface area contributed by atoms with E-state index in [1.165, 1.54) is 18.9 Å². The van der Waals surface area contributed by atoms with Gasteiger partial charge in [0.05, 0.1) is 36.0 Å². The molecule has 2 saturated heterocycles. The first kappa shape index (κ1) is 29.8. The number of piperidine rings is 1. The van der Waals surface area contributed by atoms with Crippen molar-refractivity contribution in [2.24, 2.45) is 0 Å². The number of alkyl halides is 6. The molecule has 2 aromatic rings. The molecule has 2 heterocycles. The average molecular weight is 574 g/mol. The summed E-state index contributed by atoms with van der Waals surface area (Å²) in [4.78, 5) is 26.8. The van der Waals surface area contributed by atoms with Gasteiger partial charge < -0.3 is 19.7 Å². The van der Waals surface area contributed by atoms with Crippen LogP contribution in [0, 0.1) is 0 Å². The van der Waals surface area contributed by atoms with Crippen molar-refractivity contribution in [1.82, 2.24) is 15.5 Å². The van der Waals surface area contributed by atoms with Gasteiger partial charge in [-0.3, -0.25) is 10.1 Å². The number of nitrogens with zero attached hydrogens (tertiary/aromatic N) is 1. The van der Waals surface area contributed by atoms with Crippen molar-refractivity contribution in [3.63, 3.8) is 0 Å². The molecule has 3 atom stereocenters. The van der Waals surface area contributed by atoms with Gasteiger partial charge in [-0.25, -0.2) is 4.79 Å². The third kappa shape index (κ3) is 5.81. The van der Waals surface area contributed by atoms with Gasteiger partial charge in [0.25, 0.3) is 5.91 Å². The van der Waals surface area contributed by atoms with Crippen LogP contribution in [0.4, 0.5) is 31.1 Å². The Morgan fingerprint density at radius 3 is 2.12 bits per heavy atom. The Morgan fingerprint density at radius 2 is 1.60 bits per heavy atom. The van der Waals surface area contributed by atoms with Crippen molar-refractivity contribution in [3.8, 4) is 0 Å². The molecule has 2 N–H and O–H groups in total. The molecule has 2 aliphatic heterocycles. The molecule has 0 aromatic heterocycles. The number of urea groups is 1. The van der Waals surface area contributed by atoms with E-state index in [4.69, 9.17) is 9.47 Å². The molecule has 0 aliphatic carbocycles. The number of carbonyl (C=O) groups excluding carboxylic acids is 2. The highest BCUT2D eigenvalue weighted by Gasteiger charge is 2.56. The average Bonchev–Trinajstić information content (AvgIpc) is 3.14. The van der Waals surface area contributed by atoms with Crippen molar-refractivity contribution in [2.45, 2.75) is 49.3 Å². The van der Waals surface area contributed by atoms with E-state index >= 15 is 0 Å². The van der Waals surface area contributed by atoms with Crippen molar-refractivity contribution in [1.29, 1.82) is 0 Å². The van der Waals surface area contributed by atoms with E-state index in [9.17, 15) is 35.9 Å². The summed E-state index contributed by atoms with van der Waals surface area (Å²) in [6, 6.07) is 9.83. The van der Waals surface area contributed by atoms with Crippen molar-refractivity contribution in [3.05, 3.63) is 70.8 Å². The number of hydrogen-bond donors (Lipinski definition) is 2. The summed E-state index contributed by atoms with van der Waals surface area (Å²) in [5, 5.41) is 5.68. The van der Waals surface area contributed by atoms with E-state index in [0.717, 1.165) is 5.56 Å². The summed E-state index contributed by atoms with van der Waals surface area (Å²) >= 11 is 0. The summed E-state index contributed by atoms with van der Waals surface area (Å²) in [6.45, 7) is 1.69. The predicted molar refractivity (Wildman–Crippen MR) is 131 cm³/mol. The summed E-state index contributed by atoms with van der Waals surface area (Å²) in [5.74, 6) is -0.458. The van der Waals surface area contributed by atoms with Gasteiger partial charge in [0.15, 0.2) is 0 Å². The van der Waals surface area contributed by atoms with E-state index in [1.54, 1.807) is 18.2 Å². The molecule has 2 fully saturated rings. The van der Waals surface area contributed by atoms with Gasteiger partial charge in [-0.1, -0.05) is 30.3 Å². The van der Waals surface area contributed by atoms with Gasteiger partial charge in [-0.05, 0) is 49.1 Å². The van der Waals surface area contributed by atoms with E-state index in [2.05, 4.69) is 10.6 Å². The minimum absolute atomic E-state index is 0.0443. The first-order valence-electron chi connectivity index (χ1n) is 12.6. The van der Waals surface area contributed by atoms with Crippen LogP contribution in [0.1, 0.15) is 48.1 Å². The zero-order chi connectivity index (χ0) is 29.3. The molecule has 0 saturated carbocycles. The van der Waals surface area contributed by atoms with Gasteiger partial charge in [0.2, 0.25) is 0 Å². The Hall–Kier alpha value is -3.16. The van der Waals surface area contributed by atoms with Crippen LogP contribution < -0.4 is 10.6 Å². The Bertz CT molecular complexity index is 1190. The molecule has 1 unspecified atom stereocenters. The first-order valence-corrected chi connectivity index (χ1v) is 12.6. The van der Waals surface area contributed by atoms with Gasteiger partial charge in [-0.15, -0.1) is 0 Å². The Labute approximate surface area is 226 Å². The molecule has 3 amide bonds. The fraction of sp³-hybridized carbons (Fsp3) is 0.481. The lowest BCUT2D eigenvalue weighted by Gasteiger charge is -2.47. The largest absolute Gasteiger partial charge is 0.416 e. The van der Waals surface area contributed by atoms with Crippen LogP contribution in [0.2, 0.25) is 0 Å². The number of imide groups is 1. The number of carbonyl (C=O) groups is 2. The minimum atomic E-state index is -4.98. The topological polar surface area (TPSA) is 79.9 Å². The van der Waals surface area contributed by atoms with Crippen molar-refractivity contribution < 1.29 is 45.4 Å². The predicted octanol–water partition coefficient (Wildman–Crippen LogP) is 5.02. The van der Waals surface area contributed by atoms with E-state index in [0.29, 0.717) is 12.1 Å². The number of rotatable bonds is 8. The van der Waals surface area contributed by atoms with Crippen molar-refractivity contribution in [2.75, 3.05) is 33.4 Å². The van der Waals surface area contributed by atoms with Crippen LogP contribution in [0.5, 0.6) is 0 Å². The maximum absolute atomic E-state index is 13.4. The van der Waals surface area contributed by atoms with Crippen molar-refractivity contribution >= 4 is 11.9 Å². The lowest BCUT2D eigenvalue weighted by atomic mass is 9.75. The Balaban J connectivity index is 1.60. The normalized spacial score (nSPS) is 24.4. The molecule has 218 valence electrons. The molecule has 40 heavy (non-hydrogen) atoms. The second-order valence-corrected chi connectivity index (χ2v) is 10.0. The zero-order valence-corrected chi connectivity index (χ0v) is 21.8. The van der Waals surface area contributed by atoms with Gasteiger partial charge in [-0.2, -0.15) is 26.3 Å². The molecule has 7 nitrogen and oxygen atoms in total. The summed E-state index contributed by atoms with van der Waals surface area (Å²) in [6.07, 6.45) is -10.6. The van der Waals surface area contributed by atoms with Crippen LogP contribution >= 0.6 is 0 Å². The lowest BCUT2D eigenvalue weighted by molar-refractivity contribution is -0.143. The zero-order valence-electron chi connectivity index (χ0n) is 21.8. The highest BCUT2D eigenvalue weighted by molar-refractivity contribution is 6.07. The fourth-order valence-corrected chi connectivity index (χ4v) is 5.22. The Morgan fingerprint density at radius 1 is 0.975 bits per heavy atom. The summed E-state index contributed by atoms with van der Waals surface area (Å²) < 4.78 is 91.3. The third-order valence-electron chi connectivity index (χ3n) is 7.59. The molecule has 0 radical (unpaired) electrons. The highest BCUT2D eigenvalue weighted by Crippen LogP contribution is 2.41. The first-order chi connectivity index (χ1) is 18.7. The molecule has 2 aromatic carbocycles. The van der Waals surface area contributed by atoms with Crippen LogP contribution in [0.25, 0.3) is 0 Å². The fourth-order valence-electron chi connectivity index (χ4n) is 5.22. The van der Waals surface area contributed by atoms with E-state index < -0.39 is 52.6 Å². The van der Waals surface area contributed by atoms with Gasteiger partial charge >= 0.3 is 18.4 Å². The number of nitrogens with one attached hydrogen (secondary N) is 2. The van der Waals surface area contributed by atoms with Crippen LogP contribution in [-0.2, 0) is 32.2 Å². The number of methoxy groups -OCH3 is 1. The number of amides is 3. The van der Waals surface area contributed by atoms with Crippen LogP contribution in [0.15, 0.2) is 48.5 Å². The van der Waals surface area contributed by atoms with E-state index in [1.807, 2.05) is 12.1 Å². The quantitative estimate of drug-likeness (QED) is 0.343. The number of benzene rings is 2. The van der Waals surface area contributed by atoms with Crippen LogP contribution in [-0.4, -0.2) is 55.8 Å². The smallest absolute Gasteiger partial charge is 0.383 e. The van der Waals surface area contributed by atoms with Crippen LogP contribution in [0.3, 0.4) is 0 Å². The maximum Gasteiger partial charge on any atom is 0.416 e. The standard InChI is InChI=1S/C27H29F6N3O4/c1-17(18-12-20(26(28,29)30)14-21(13-18)27(31,32)33)40-16-24(19-6-4-3-5-7-19)8-9-25(15-34-24)22(37)35-23(38)36(25)10-11-39-2/h3-7,12-14,17,34H,8-11,15-16H2,1-2H3,(H,35,37,38)/t17-,24-,25?/m1/s1. The lowest BCUT2D eigenvalue weighted by Crippen LogP contribution is -2.65. The Kier molecular flexibility index (Phi) is 8.21. The molecular formula is C27H29F6N3O4. The molecule has 4 rings (SSSR count). The maximum atomic E-state index is 13.4. The second-order valence-electron chi connectivity index (χ2n) is 10.0. The summed E-state index contributed by atoms with van der Waals surface area (Å²) in [5.41, 5.74) is -4.47. The third-order valence-corrected chi connectivity index (χ3v) is 7.59. The van der Waals surface area contributed by atoms with Gasteiger partial charge in [0, 0.05) is 20.2 Å². The number of ether oxygens (including phenoxy) is 2. The molecule has 0 bridgehead atoms. The van der Waals surface area contributed by atoms with E-state index in [-0.39, 0.29) is 50.8 Å². The number of hydrogen-bond acceptors (Lipinski definition) is 5. The second kappa shape index (κ2) is 11.0. The molecular weight excluding hydrogens is 544 g/mol. The minimum Gasteiger partial charge on any atom is -0.383 e. The monoisotopic (exact) mass is 573 g/mol. The number of halogens is 6. The highest BCUT2D eigenvalue weighted by atomic mass is 19.4. The molecule has 1 spiro atoms. The molecule has 2 aliphatic rings. The van der Waals surface area contributed by atoms with Gasteiger partial charge in [0.1, 0.15) is 5.54 Å².